The van der Waals surface area contributed by atoms with Crippen LogP contribution in [0.15, 0.2) is 6.20 Å². The summed E-state index contributed by atoms with van der Waals surface area (Å²) in [7, 11) is 1.82. The maximum Gasteiger partial charge on any atom is 0.255 e. The first-order valence-electron chi connectivity index (χ1n) is 5.80. The number of rotatable bonds is 5. The highest BCUT2D eigenvalue weighted by atomic mass is 35.5. The molecule has 1 atom stereocenters. The summed E-state index contributed by atoms with van der Waals surface area (Å²) in [4.78, 5) is 12.1. The monoisotopic (exact) mass is 257 g/mol. The Kier molecular flexibility index (Phi) is 4.57. The van der Waals surface area contributed by atoms with Gasteiger partial charge in [0.2, 0.25) is 0 Å². The molecule has 1 N–H and O–H groups in total. The zero-order valence-electron chi connectivity index (χ0n) is 10.9. The smallest absolute Gasteiger partial charge is 0.255 e. The summed E-state index contributed by atoms with van der Waals surface area (Å²) in [6, 6.07) is 0. The molecule has 0 radical (unpaired) electrons. The van der Waals surface area contributed by atoms with E-state index in [9.17, 15) is 4.79 Å². The fourth-order valence-electron chi connectivity index (χ4n) is 1.60. The van der Waals surface area contributed by atoms with E-state index in [1.54, 1.807) is 10.9 Å². The van der Waals surface area contributed by atoms with Gasteiger partial charge in [0.05, 0.1) is 11.8 Å². The molecule has 1 heterocycles. The summed E-state index contributed by atoms with van der Waals surface area (Å²) in [6.07, 6.45) is 3.21. The first-order valence-corrected chi connectivity index (χ1v) is 6.34. The van der Waals surface area contributed by atoms with Crippen molar-refractivity contribution < 1.29 is 4.79 Å². The third kappa shape index (κ3) is 3.22. The predicted octanol–water partition coefficient (Wildman–Crippen LogP) is 2.26. The second-order valence-corrected chi connectivity index (χ2v) is 4.95. The summed E-state index contributed by atoms with van der Waals surface area (Å²) in [5.41, 5.74) is 1.25. The minimum atomic E-state index is -0.249. The lowest BCUT2D eigenvalue weighted by Crippen LogP contribution is -2.46. The Bertz CT molecular complexity index is 402. The van der Waals surface area contributed by atoms with E-state index in [0.717, 1.165) is 18.5 Å². The van der Waals surface area contributed by atoms with Crippen LogP contribution in [-0.2, 0) is 7.05 Å². The molecule has 1 unspecified atom stereocenters. The molecule has 96 valence electrons. The van der Waals surface area contributed by atoms with Crippen LogP contribution in [0.1, 0.15) is 42.7 Å². The number of carbonyl (C=O) groups excluding carboxylic acids is 1. The van der Waals surface area contributed by atoms with Gasteiger partial charge in [0, 0.05) is 24.2 Å². The molecule has 0 saturated carbocycles. The lowest BCUT2D eigenvalue weighted by Gasteiger charge is -2.28. The van der Waals surface area contributed by atoms with Gasteiger partial charge in [-0.05, 0) is 26.7 Å². The van der Waals surface area contributed by atoms with Crippen LogP contribution in [-0.4, -0.2) is 27.1 Å². The van der Waals surface area contributed by atoms with Crippen molar-refractivity contribution >= 4 is 17.5 Å². The first kappa shape index (κ1) is 14.0. The molecule has 0 aromatic carbocycles. The van der Waals surface area contributed by atoms with Crippen LogP contribution in [0, 0.1) is 6.92 Å². The molecule has 5 heteroatoms. The highest BCUT2D eigenvalue weighted by molar-refractivity contribution is 6.17. The standard InChI is InChI=1S/C12H20ClN3O/c1-5-12(3,6-7-13)15-11(17)10-8-14-16(4)9(10)2/h8H,5-7H2,1-4H3,(H,15,17). The van der Waals surface area contributed by atoms with Gasteiger partial charge in [-0.15, -0.1) is 11.6 Å². The molecule has 0 bridgehead atoms. The van der Waals surface area contributed by atoms with Gasteiger partial charge in [-0.1, -0.05) is 6.92 Å². The van der Waals surface area contributed by atoms with Crippen LogP contribution >= 0.6 is 11.6 Å². The normalized spacial score (nSPS) is 14.4. The van der Waals surface area contributed by atoms with Crippen LogP contribution in [0.2, 0.25) is 0 Å². The second kappa shape index (κ2) is 5.54. The van der Waals surface area contributed by atoms with E-state index < -0.39 is 0 Å². The quantitative estimate of drug-likeness (QED) is 0.823. The Morgan fingerprint density at radius 3 is 2.71 bits per heavy atom. The van der Waals surface area contributed by atoms with Crippen LogP contribution in [0.25, 0.3) is 0 Å². The van der Waals surface area contributed by atoms with E-state index >= 15 is 0 Å². The van der Waals surface area contributed by atoms with Crippen LogP contribution in [0.3, 0.4) is 0 Å². The predicted molar refractivity (Wildman–Crippen MR) is 69.4 cm³/mol. The van der Waals surface area contributed by atoms with Crippen LogP contribution in [0.4, 0.5) is 0 Å². The number of aryl methyl sites for hydroxylation is 1. The SMILES string of the molecule is CCC(C)(CCCl)NC(=O)c1cnn(C)c1C. The van der Waals surface area contributed by atoms with Gasteiger partial charge in [-0.25, -0.2) is 0 Å². The van der Waals surface area contributed by atoms with Crippen molar-refractivity contribution in [3.05, 3.63) is 17.5 Å². The highest BCUT2D eigenvalue weighted by Gasteiger charge is 2.25. The van der Waals surface area contributed by atoms with Crippen LogP contribution in [0.5, 0.6) is 0 Å². The summed E-state index contributed by atoms with van der Waals surface area (Å²) in [5.74, 6) is 0.460. The van der Waals surface area contributed by atoms with E-state index in [0.29, 0.717) is 11.4 Å². The van der Waals surface area contributed by atoms with Gasteiger partial charge in [0.25, 0.3) is 5.91 Å². The van der Waals surface area contributed by atoms with Gasteiger partial charge in [0.1, 0.15) is 0 Å². The van der Waals surface area contributed by atoms with Gasteiger partial charge >= 0.3 is 0 Å². The molecule has 0 fully saturated rings. The molecule has 1 rings (SSSR count). The maximum absolute atomic E-state index is 12.1. The maximum atomic E-state index is 12.1. The molecule has 0 spiro atoms. The second-order valence-electron chi connectivity index (χ2n) is 4.57. The van der Waals surface area contributed by atoms with Crippen LogP contribution < -0.4 is 5.32 Å². The number of halogens is 1. The van der Waals surface area contributed by atoms with E-state index in [1.165, 1.54) is 0 Å². The Hall–Kier alpha value is -1.03. The molecule has 0 aliphatic carbocycles. The molecule has 1 aromatic heterocycles. The summed E-state index contributed by atoms with van der Waals surface area (Å²) in [6.45, 7) is 5.94. The summed E-state index contributed by atoms with van der Waals surface area (Å²) in [5, 5.41) is 7.11. The molecule has 17 heavy (non-hydrogen) atoms. The molecular formula is C12H20ClN3O. The molecule has 1 amide bonds. The zero-order valence-corrected chi connectivity index (χ0v) is 11.6. The Morgan fingerprint density at radius 1 is 1.65 bits per heavy atom. The first-order chi connectivity index (χ1) is 7.93. The van der Waals surface area contributed by atoms with E-state index in [2.05, 4.69) is 10.4 Å². The van der Waals surface area contributed by atoms with Crippen molar-refractivity contribution in [1.29, 1.82) is 0 Å². The molecule has 0 aliphatic heterocycles. The van der Waals surface area contributed by atoms with E-state index in [1.807, 2.05) is 27.8 Å². The number of carbonyl (C=O) groups is 1. The lowest BCUT2D eigenvalue weighted by atomic mass is 9.95. The lowest BCUT2D eigenvalue weighted by molar-refractivity contribution is 0.0901. The molecule has 1 aromatic rings. The Balaban J connectivity index is 2.81. The number of aromatic nitrogens is 2. The number of nitrogens with zero attached hydrogens (tertiary/aromatic N) is 2. The zero-order chi connectivity index (χ0) is 13.1. The third-order valence-corrected chi connectivity index (χ3v) is 3.51. The van der Waals surface area contributed by atoms with Crippen molar-refractivity contribution in [2.24, 2.45) is 7.05 Å². The third-order valence-electron chi connectivity index (χ3n) is 3.32. The fourth-order valence-corrected chi connectivity index (χ4v) is 2.02. The highest BCUT2D eigenvalue weighted by Crippen LogP contribution is 2.17. The Morgan fingerprint density at radius 2 is 2.29 bits per heavy atom. The van der Waals surface area contributed by atoms with Crippen molar-refractivity contribution in [2.45, 2.75) is 39.2 Å². The minimum absolute atomic E-state index is 0.0786. The fraction of sp³-hybridized carbons (Fsp3) is 0.667. The Labute approximate surface area is 107 Å². The summed E-state index contributed by atoms with van der Waals surface area (Å²) >= 11 is 5.76. The average molecular weight is 258 g/mol. The summed E-state index contributed by atoms with van der Waals surface area (Å²) < 4.78 is 1.69. The van der Waals surface area contributed by atoms with Crippen molar-refractivity contribution in [3.8, 4) is 0 Å². The van der Waals surface area contributed by atoms with Gasteiger partial charge in [-0.3, -0.25) is 9.48 Å². The number of hydrogen-bond donors (Lipinski definition) is 1. The number of hydrogen-bond acceptors (Lipinski definition) is 2. The van der Waals surface area contributed by atoms with Crippen molar-refractivity contribution in [1.82, 2.24) is 15.1 Å². The number of nitrogens with one attached hydrogen (secondary N) is 1. The molecule has 4 nitrogen and oxygen atoms in total. The van der Waals surface area contributed by atoms with Crippen molar-refractivity contribution in [2.75, 3.05) is 5.88 Å². The largest absolute Gasteiger partial charge is 0.347 e. The van der Waals surface area contributed by atoms with E-state index in [4.69, 9.17) is 11.6 Å². The average Bonchev–Trinajstić information content (AvgIpc) is 2.60. The minimum Gasteiger partial charge on any atom is -0.347 e. The van der Waals surface area contributed by atoms with Gasteiger partial charge < -0.3 is 5.32 Å². The van der Waals surface area contributed by atoms with Gasteiger partial charge in [0.15, 0.2) is 0 Å². The van der Waals surface area contributed by atoms with Crippen molar-refractivity contribution in [3.63, 3.8) is 0 Å². The number of alkyl halides is 1. The topological polar surface area (TPSA) is 46.9 Å². The van der Waals surface area contributed by atoms with Gasteiger partial charge in [-0.2, -0.15) is 5.10 Å². The number of amides is 1. The molecule has 0 aliphatic rings. The molecular weight excluding hydrogens is 238 g/mol. The molecule has 0 saturated heterocycles. The van der Waals surface area contributed by atoms with E-state index in [-0.39, 0.29) is 11.4 Å².